The fraction of sp³-hybridized carbons (Fsp3) is 0. The van der Waals surface area contributed by atoms with E-state index >= 15 is 0 Å². The van der Waals surface area contributed by atoms with Crippen LogP contribution in [0.25, 0.3) is 10.9 Å². The molecule has 3 nitrogen and oxygen atoms in total. The predicted octanol–water partition coefficient (Wildman–Crippen LogP) is 1.58. The Hall–Kier alpha value is -1.35. The number of nitrogens with zero attached hydrogens (tertiary/aromatic N) is 1. The Labute approximate surface area is 73.0 Å². The first kappa shape index (κ1) is 7.31. The van der Waals surface area contributed by atoms with E-state index in [4.69, 9.17) is 11.6 Å². The van der Waals surface area contributed by atoms with Gasteiger partial charge in [0.1, 0.15) is 5.15 Å². The highest BCUT2D eigenvalue weighted by Crippen LogP contribution is 2.13. The number of hydrogen-bond acceptors (Lipinski definition) is 2. The number of rotatable bonds is 0. The van der Waals surface area contributed by atoms with Crippen molar-refractivity contribution in [3.8, 4) is 0 Å². The highest BCUT2D eigenvalue weighted by atomic mass is 35.5. The molecule has 0 aromatic carbocycles. The molecule has 0 bridgehead atoms. The van der Waals surface area contributed by atoms with Gasteiger partial charge >= 0.3 is 0 Å². The average Bonchev–Trinajstić information content (AvgIpc) is 2.04. The molecule has 0 unspecified atom stereocenters. The first-order chi connectivity index (χ1) is 5.79. The lowest BCUT2D eigenvalue weighted by Crippen LogP contribution is -2.01. The summed E-state index contributed by atoms with van der Waals surface area (Å²) in [6.45, 7) is 0. The maximum Gasteiger partial charge on any atom is 0.192 e. The molecule has 0 spiro atoms. The topological polar surface area (TPSA) is 45.8 Å². The molecule has 0 atom stereocenters. The number of hydrogen-bond donors (Lipinski definition) is 1. The van der Waals surface area contributed by atoms with Crippen molar-refractivity contribution in [1.82, 2.24) is 9.97 Å². The smallest absolute Gasteiger partial charge is 0.192 e. The van der Waals surface area contributed by atoms with Gasteiger partial charge in [0.05, 0.1) is 10.9 Å². The molecule has 0 fully saturated rings. The summed E-state index contributed by atoms with van der Waals surface area (Å²) < 4.78 is 0. The molecule has 4 heteroatoms. The number of halogens is 1. The van der Waals surface area contributed by atoms with E-state index in [-0.39, 0.29) is 10.6 Å². The van der Waals surface area contributed by atoms with Gasteiger partial charge in [-0.05, 0) is 6.07 Å². The number of aromatic nitrogens is 2. The molecule has 0 saturated heterocycles. The maximum absolute atomic E-state index is 11.3. The van der Waals surface area contributed by atoms with Crippen LogP contribution in [0.5, 0.6) is 0 Å². The summed E-state index contributed by atoms with van der Waals surface area (Å²) >= 11 is 5.73. The van der Waals surface area contributed by atoms with Gasteiger partial charge in [0, 0.05) is 18.5 Å². The molecule has 0 radical (unpaired) electrons. The minimum absolute atomic E-state index is 0.109. The number of aromatic amines is 1. The summed E-state index contributed by atoms with van der Waals surface area (Å²) in [5.41, 5.74) is 0.601. The van der Waals surface area contributed by atoms with E-state index in [9.17, 15) is 4.79 Å². The molecule has 0 aliphatic heterocycles. The van der Waals surface area contributed by atoms with Crippen molar-refractivity contribution in [3.63, 3.8) is 0 Å². The summed E-state index contributed by atoms with van der Waals surface area (Å²) in [5, 5.41) is 0.691. The quantitative estimate of drug-likeness (QED) is 0.626. The molecule has 0 aliphatic carbocycles. The van der Waals surface area contributed by atoms with Gasteiger partial charge in [0.15, 0.2) is 5.43 Å². The number of pyridine rings is 2. The van der Waals surface area contributed by atoms with Crippen LogP contribution in [0.15, 0.2) is 29.3 Å². The van der Waals surface area contributed by atoms with Crippen molar-refractivity contribution < 1.29 is 0 Å². The second-order valence-electron chi connectivity index (χ2n) is 2.37. The van der Waals surface area contributed by atoms with E-state index in [0.717, 1.165) is 0 Å². The van der Waals surface area contributed by atoms with Crippen LogP contribution in [0.4, 0.5) is 0 Å². The third-order valence-corrected chi connectivity index (χ3v) is 1.91. The average molecular weight is 181 g/mol. The molecule has 2 rings (SSSR count). The highest BCUT2D eigenvalue weighted by Gasteiger charge is 2.01. The third-order valence-electron chi connectivity index (χ3n) is 1.62. The van der Waals surface area contributed by atoms with Gasteiger partial charge in [-0.25, -0.2) is 4.98 Å². The molecule has 0 saturated carbocycles. The lowest BCUT2D eigenvalue weighted by Gasteiger charge is -1.96. The second-order valence-corrected chi connectivity index (χ2v) is 2.72. The largest absolute Gasteiger partial charge is 0.361 e. The zero-order valence-electron chi connectivity index (χ0n) is 6.04. The zero-order chi connectivity index (χ0) is 8.55. The van der Waals surface area contributed by atoms with Crippen LogP contribution in [0.3, 0.4) is 0 Å². The zero-order valence-corrected chi connectivity index (χ0v) is 6.80. The Bertz CT molecular complexity index is 472. The molecular weight excluding hydrogens is 176 g/mol. The summed E-state index contributed by atoms with van der Waals surface area (Å²) in [6, 6.07) is 3.14. The van der Waals surface area contributed by atoms with E-state index < -0.39 is 0 Å². The van der Waals surface area contributed by atoms with Crippen LogP contribution in [-0.2, 0) is 0 Å². The fourth-order valence-corrected chi connectivity index (χ4v) is 1.33. The van der Waals surface area contributed by atoms with E-state index in [1.807, 2.05) is 0 Å². The van der Waals surface area contributed by atoms with Crippen LogP contribution in [0.1, 0.15) is 0 Å². The molecular formula is C8H5ClN2O. The van der Waals surface area contributed by atoms with E-state index in [0.29, 0.717) is 10.9 Å². The summed E-state index contributed by atoms with van der Waals surface area (Å²) in [4.78, 5) is 18.0. The van der Waals surface area contributed by atoms with E-state index in [2.05, 4.69) is 9.97 Å². The van der Waals surface area contributed by atoms with Gasteiger partial charge in [-0.1, -0.05) is 11.6 Å². The SMILES string of the molecule is O=c1cc[nH]c2ccnc(Cl)c12. The summed E-state index contributed by atoms with van der Waals surface area (Å²) in [5.74, 6) is 0. The van der Waals surface area contributed by atoms with Crippen molar-refractivity contribution in [2.24, 2.45) is 0 Å². The standard InChI is InChI=1S/C8H5ClN2O/c9-8-7-5(1-3-11-8)10-4-2-6(7)12/h1-4H,(H,10,12). The van der Waals surface area contributed by atoms with Crippen LogP contribution in [0.2, 0.25) is 5.15 Å². The lowest BCUT2D eigenvalue weighted by molar-refractivity contribution is 1.31. The normalized spacial score (nSPS) is 10.4. The van der Waals surface area contributed by atoms with Crippen molar-refractivity contribution in [3.05, 3.63) is 39.9 Å². The molecule has 60 valence electrons. The molecule has 1 N–H and O–H groups in total. The van der Waals surface area contributed by atoms with Crippen LogP contribution < -0.4 is 5.43 Å². The van der Waals surface area contributed by atoms with Crippen molar-refractivity contribution in [2.45, 2.75) is 0 Å². The van der Waals surface area contributed by atoms with E-state index in [1.165, 1.54) is 6.07 Å². The van der Waals surface area contributed by atoms with Crippen LogP contribution >= 0.6 is 11.6 Å². The monoisotopic (exact) mass is 180 g/mol. The molecule has 2 aromatic heterocycles. The number of H-pyrrole nitrogens is 1. The first-order valence-corrected chi connectivity index (χ1v) is 3.79. The van der Waals surface area contributed by atoms with Gasteiger partial charge < -0.3 is 4.98 Å². The first-order valence-electron chi connectivity index (χ1n) is 3.41. The molecule has 12 heavy (non-hydrogen) atoms. The predicted molar refractivity (Wildman–Crippen MR) is 47.4 cm³/mol. The van der Waals surface area contributed by atoms with Gasteiger partial charge in [-0.15, -0.1) is 0 Å². The third kappa shape index (κ3) is 0.987. The van der Waals surface area contributed by atoms with Crippen LogP contribution in [-0.4, -0.2) is 9.97 Å². The maximum atomic E-state index is 11.3. The van der Waals surface area contributed by atoms with Gasteiger partial charge in [0.25, 0.3) is 0 Å². The highest BCUT2D eigenvalue weighted by molar-refractivity contribution is 6.33. The van der Waals surface area contributed by atoms with Gasteiger partial charge in [-0.2, -0.15) is 0 Å². The fourth-order valence-electron chi connectivity index (χ4n) is 1.08. The van der Waals surface area contributed by atoms with Gasteiger partial charge in [0.2, 0.25) is 0 Å². The number of fused-ring (bicyclic) bond motifs is 1. The van der Waals surface area contributed by atoms with Crippen molar-refractivity contribution in [2.75, 3.05) is 0 Å². The summed E-state index contributed by atoms with van der Waals surface area (Å²) in [7, 11) is 0. The van der Waals surface area contributed by atoms with E-state index in [1.54, 1.807) is 18.5 Å². The Morgan fingerprint density at radius 1 is 1.42 bits per heavy atom. The minimum Gasteiger partial charge on any atom is -0.361 e. The molecule has 0 amide bonds. The second kappa shape index (κ2) is 2.60. The van der Waals surface area contributed by atoms with Gasteiger partial charge in [-0.3, -0.25) is 4.79 Å². The lowest BCUT2D eigenvalue weighted by atomic mass is 10.3. The van der Waals surface area contributed by atoms with Crippen LogP contribution in [0, 0.1) is 0 Å². The molecule has 0 aliphatic rings. The molecule has 2 heterocycles. The molecule has 2 aromatic rings. The Morgan fingerprint density at radius 2 is 2.25 bits per heavy atom. The summed E-state index contributed by atoms with van der Waals surface area (Å²) in [6.07, 6.45) is 3.14. The van der Waals surface area contributed by atoms with Crippen molar-refractivity contribution >= 4 is 22.5 Å². The Kier molecular flexibility index (Phi) is 1.59. The number of nitrogens with one attached hydrogen (secondary N) is 1. The van der Waals surface area contributed by atoms with Crippen molar-refractivity contribution in [1.29, 1.82) is 0 Å². The Balaban J connectivity index is 3.07. The minimum atomic E-state index is -0.109. The Morgan fingerprint density at radius 3 is 3.00 bits per heavy atom.